The molecule has 0 bridgehead atoms. The Morgan fingerprint density at radius 2 is 1.90 bits per heavy atom. The molecule has 1 aromatic rings. The van der Waals surface area contributed by atoms with Crippen LogP contribution in [0.3, 0.4) is 0 Å². The molecule has 112 valence electrons. The first kappa shape index (κ1) is 14.1. The Morgan fingerprint density at radius 3 is 2.62 bits per heavy atom. The van der Waals surface area contributed by atoms with E-state index in [2.05, 4.69) is 0 Å². The van der Waals surface area contributed by atoms with Crippen LogP contribution in [0.15, 0.2) is 24.3 Å². The van der Waals surface area contributed by atoms with Gasteiger partial charge in [0.1, 0.15) is 12.4 Å². The zero-order valence-corrected chi connectivity index (χ0v) is 12.0. The topological polar surface area (TPSA) is 72.6 Å². The summed E-state index contributed by atoms with van der Waals surface area (Å²) in [6.45, 7) is 0.749. The van der Waals surface area contributed by atoms with E-state index in [1.54, 1.807) is 12.1 Å². The van der Waals surface area contributed by atoms with Gasteiger partial charge < -0.3 is 10.5 Å². The van der Waals surface area contributed by atoms with Crippen molar-refractivity contribution < 1.29 is 14.3 Å². The Kier molecular flexibility index (Phi) is 3.68. The van der Waals surface area contributed by atoms with Crippen LogP contribution in [0.1, 0.15) is 32.1 Å². The van der Waals surface area contributed by atoms with E-state index in [9.17, 15) is 9.59 Å². The van der Waals surface area contributed by atoms with Gasteiger partial charge in [-0.3, -0.25) is 9.59 Å². The lowest BCUT2D eigenvalue weighted by Gasteiger charge is -2.22. The lowest BCUT2D eigenvalue weighted by Crippen LogP contribution is -2.34. The second-order valence-electron chi connectivity index (χ2n) is 5.80. The Morgan fingerprint density at radius 1 is 1.19 bits per heavy atom. The number of nitrogens with zero attached hydrogens (tertiary/aromatic N) is 1. The maximum atomic E-state index is 12.8. The molecule has 2 aliphatic rings. The molecule has 1 heterocycles. The minimum absolute atomic E-state index is 0.0613. The average Bonchev–Trinajstić information content (AvgIpc) is 3.04. The highest BCUT2D eigenvalue weighted by Crippen LogP contribution is 2.49. The first-order chi connectivity index (χ1) is 10.2. The minimum Gasteiger partial charge on any atom is -0.490 e. The second kappa shape index (κ2) is 5.48. The van der Waals surface area contributed by atoms with Gasteiger partial charge in [0, 0.05) is 13.0 Å². The summed E-state index contributed by atoms with van der Waals surface area (Å²) in [5.74, 6) is 0.360. The van der Waals surface area contributed by atoms with Gasteiger partial charge in [-0.05, 0) is 25.0 Å². The van der Waals surface area contributed by atoms with Crippen LogP contribution in [0.25, 0.3) is 0 Å². The highest BCUT2D eigenvalue weighted by Gasteiger charge is 2.53. The molecule has 0 unspecified atom stereocenters. The van der Waals surface area contributed by atoms with Crippen LogP contribution >= 0.6 is 0 Å². The van der Waals surface area contributed by atoms with Crippen LogP contribution in [0.4, 0.5) is 5.69 Å². The first-order valence-corrected chi connectivity index (χ1v) is 7.47. The van der Waals surface area contributed by atoms with Gasteiger partial charge in [0.05, 0.1) is 11.1 Å². The number of nitrogens with two attached hydrogens (primary N) is 1. The van der Waals surface area contributed by atoms with Crippen LogP contribution in [0.5, 0.6) is 5.75 Å². The van der Waals surface area contributed by atoms with E-state index >= 15 is 0 Å². The first-order valence-electron chi connectivity index (χ1n) is 7.47. The fraction of sp³-hybridized carbons (Fsp3) is 0.500. The Bertz CT molecular complexity index is 564. The number of benzene rings is 1. The summed E-state index contributed by atoms with van der Waals surface area (Å²) in [6, 6.07) is 7.16. The standard InChI is InChI=1S/C16H20N2O3/c17-9-10-21-13-6-2-1-5-12(13)18-14(19)11-16(15(18)20)7-3-4-8-16/h1-2,5-6H,3-4,7-11,17H2. The van der Waals surface area contributed by atoms with Gasteiger partial charge >= 0.3 is 0 Å². The Labute approximate surface area is 124 Å². The third-order valence-electron chi connectivity index (χ3n) is 4.44. The van der Waals surface area contributed by atoms with E-state index in [0.29, 0.717) is 31.0 Å². The number of ether oxygens (including phenoxy) is 1. The largest absolute Gasteiger partial charge is 0.490 e. The number of carbonyl (C=O) groups is 2. The summed E-state index contributed by atoms with van der Waals surface area (Å²) >= 11 is 0. The molecular formula is C16H20N2O3. The summed E-state index contributed by atoms with van der Waals surface area (Å²) in [6.07, 6.45) is 4.02. The minimum atomic E-state index is -0.460. The smallest absolute Gasteiger partial charge is 0.240 e. The zero-order chi connectivity index (χ0) is 14.9. The summed E-state index contributed by atoms with van der Waals surface area (Å²) in [7, 11) is 0. The van der Waals surface area contributed by atoms with Gasteiger partial charge in [-0.25, -0.2) is 4.90 Å². The molecule has 2 N–H and O–H groups in total. The molecular weight excluding hydrogens is 268 g/mol. The monoisotopic (exact) mass is 288 g/mol. The number of para-hydroxylation sites is 2. The van der Waals surface area contributed by atoms with Crippen molar-refractivity contribution in [2.24, 2.45) is 11.1 Å². The van der Waals surface area contributed by atoms with Gasteiger partial charge in [0.15, 0.2) is 0 Å². The third kappa shape index (κ3) is 2.31. The molecule has 1 aromatic carbocycles. The fourth-order valence-corrected chi connectivity index (χ4v) is 3.41. The van der Waals surface area contributed by atoms with E-state index in [1.165, 1.54) is 4.90 Å². The molecule has 0 radical (unpaired) electrons. The van der Waals surface area contributed by atoms with Gasteiger partial charge in [0.25, 0.3) is 0 Å². The van der Waals surface area contributed by atoms with Crippen molar-refractivity contribution in [1.82, 2.24) is 0 Å². The van der Waals surface area contributed by atoms with Crippen molar-refractivity contribution in [3.8, 4) is 5.75 Å². The van der Waals surface area contributed by atoms with Crippen LogP contribution in [0.2, 0.25) is 0 Å². The number of hydrogen-bond donors (Lipinski definition) is 1. The van der Waals surface area contributed by atoms with Crippen molar-refractivity contribution in [3.63, 3.8) is 0 Å². The number of anilines is 1. The number of rotatable bonds is 4. The van der Waals surface area contributed by atoms with Crippen molar-refractivity contribution in [3.05, 3.63) is 24.3 Å². The predicted octanol–water partition coefficient (Wildman–Crippen LogP) is 1.85. The van der Waals surface area contributed by atoms with Crippen LogP contribution in [-0.4, -0.2) is 25.0 Å². The summed E-state index contributed by atoms with van der Waals surface area (Å²) in [5, 5.41) is 0. The van der Waals surface area contributed by atoms with Gasteiger partial charge in [0.2, 0.25) is 11.8 Å². The van der Waals surface area contributed by atoms with E-state index in [4.69, 9.17) is 10.5 Å². The maximum Gasteiger partial charge on any atom is 0.240 e. The Balaban J connectivity index is 1.93. The average molecular weight is 288 g/mol. The van der Waals surface area contributed by atoms with E-state index in [0.717, 1.165) is 25.7 Å². The highest BCUT2D eigenvalue weighted by atomic mass is 16.5. The summed E-state index contributed by atoms with van der Waals surface area (Å²) in [4.78, 5) is 26.5. The van der Waals surface area contributed by atoms with Gasteiger partial charge in [-0.1, -0.05) is 25.0 Å². The summed E-state index contributed by atoms with van der Waals surface area (Å²) in [5.41, 5.74) is 5.54. The summed E-state index contributed by atoms with van der Waals surface area (Å²) < 4.78 is 5.58. The highest BCUT2D eigenvalue weighted by molar-refractivity contribution is 6.23. The molecule has 1 spiro atoms. The quantitative estimate of drug-likeness (QED) is 0.858. The van der Waals surface area contributed by atoms with Crippen LogP contribution in [-0.2, 0) is 9.59 Å². The third-order valence-corrected chi connectivity index (χ3v) is 4.44. The molecule has 3 rings (SSSR count). The lowest BCUT2D eigenvalue weighted by atomic mass is 9.84. The number of hydrogen-bond acceptors (Lipinski definition) is 4. The molecule has 0 aromatic heterocycles. The lowest BCUT2D eigenvalue weighted by molar-refractivity contribution is -0.125. The van der Waals surface area contributed by atoms with Crippen molar-refractivity contribution >= 4 is 17.5 Å². The maximum absolute atomic E-state index is 12.8. The normalized spacial score (nSPS) is 20.5. The van der Waals surface area contributed by atoms with E-state index < -0.39 is 5.41 Å². The molecule has 21 heavy (non-hydrogen) atoms. The molecule has 0 atom stereocenters. The molecule has 1 aliphatic carbocycles. The number of carbonyl (C=O) groups excluding carboxylic acids is 2. The van der Waals surface area contributed by atoms with Crippen molar-refractivity contribution in [2.45, 2.75) is 32.1 Å². The molecule has 1 aliphatic heterocycles. The molecule has 1 saturated heterocycles. The number of amides is 2. The Hall–Kier alpha value is -1.88. The number of imide groups is 1. The van der Waals surface area contributed by atoms with Crippen molar-refractivity contribution in [2.75, 3.05) is 18.1 Å². The van der Waals surface area contributed by atoms with E-state index in [1.807, 2.05) is 12.1 Å². The molecule has 5 heteroatoms. The molecule has 1 saturated carbocycles. The predicted molar refractivity (Wildman–Crippen MR) is 79.0 cm³/mol. The van der Waals surface area contributed by atoms with E-state index in [-0.39, 0.29) is 11.8 Å². The van der Waals surface area contributed by atoms with Gasteiger partial charge in [-0.15, -0.1) is 0 Å². The second-order valence-corrected chi connectivity index (χ2v) is 5.80. The van der Waals surface area contributed by atoms with Crippen LogP contribution < -0.4 is 15.4 Å². The van der Waals surface area contributed by atoms with Crippen LogP contribution in [0, 0.1) is 5.41 Å². The molecule has 2 fully saturated rings. The fourth-order valence-electron chi connectivity index (χ4n) is 3.41. The molecule has 5 nitrogen and oxygen atoms in total. The SMILES string of the molecule is NCCOc1ccccc1N1C(=O)CC2(CCCC2)C1=O. The van der Waals surface area contributed by atoms with Crippen molar-refractivity contribution in [1.29, 1.82) is 0 Å². The van der Waals surface area contributed by atoms with Gasteiger partial charge in [-0.2, -0.15) is 0 Å². The molecule has 2 amide bonds. The zero-order valence-electron chi connectivity index (χ0n) is 12.0.